The third-order valence-corrected chi connectivity index (χ3v) is 3.68. The number of methoxy groups -OCH3 is 1. The SMILES string of the molecule is COC1(CNc2cc(Cl)c(F)cc2N)CCC1. The largest absolute Gasteiger partial charge is 0.397 e. The van der Waals surface area contributed by atoms with E-state index in [4.69, 9.17) is 22.1 Å². The molecule has 3 nitrogen and oxygen atoms in total. The van der Waals surface area contributed by atoms with E-state index in [0.29, 0.717) is 17.9 Å². The van der Waals surface area contributed by atoms with Gasteiger partial charge >= 0.3 is 0 Å². The quantitative estimate of drug-likeness (QED) is 0.816. The van der Waals surface area contributed by atoms with Crippen LogP contribution < -0.4 is 11.1 Å². The van der Waals surface area contributed by atoms with Crippen molar-refractivity contribution in [1.82, 2.24) is 0 Å². The van der Waals surface area contributed by atoms with Gasteiger partial charge in [-0.2, -0.15) is 0 Å². The molecule has 1 saturated carbocycles. The first-order valence-electron chi connectivity index (χ1n) is 5.60. The number of anilines is 2. The van der Waals surface area contributed by atoms with Crippen LogP contribution in [0.2, 0.25) is 5.02 Å². The van der Waals surface area contributed by atoms with Crippen LogP contribution in [0, 0.1) is 5.82 Å². The Hall–Kier alpha value is -1.00. The summed E-state index contributed by atoms with van der Waals surface area (Å²) in [5.41, 5.74) is 6.63. The number of nitrogens with two attached hydrogens (primary N) is 1. The van der Waals surface area contributed by atoms with Gasteiger partial charge in [0.05, 0.1) is 22.0 Å². The lowest BCUT2D eigenvalue weighted by atomic mass is 9.80. The molecule has 1 aromatic rings. The molecule has 2 rings (SSSR count). The van der Waals surface area contributed by atoms with Gasteiger partial charge in [0.2, 0.25) is 0 Å². The summed E-state index contributed by atoms with van der Waals surface area (Å²) in [6.45, 7) is 0.662. The molecular formula is C12H16ClFN2O. The molecule has 1 aliphatic carbocycles. The minimum atomic E-state index is -0.500. The average Bonchev–Trinajstić information content (AvgIpc) is 2.24. The normalized spacial score (nSPS) is 17.6. The van der Waals surface area contributed by atoms with Crippen molar-refractivity contribution in [2.45, 2.75) is 24.9 Å². The highest BCUT2D eigenvalue weighted by atomic mass is 35.5. The molecule has 1 aromatic carbocycles. The highest BCUT2D eigenvalue weighted by molar-refractivity contribution is 6.31. The van der Waals surface area contributed by atoms with Gasteiger partial charge in [-0.3, -0.25) is 0 Å². The second kappa shape index (κ2) is 4.70. The Balaban J connectivity index is 2.06. The molecule has 3 N–H and O–H groups in total. The fourth-order valence-electron chi connectivity index (χ4n) is 2.00. The fourth-order valence-corrected chi connectivity index (χ4v) is 2.16. The molecule has 1 aliphatic rings. The van der Waals surface area contributed by atoms with Crippen LogP contribution in [0.4, 0.5) is 15.8 Å². The lowest BCUT2D eigenvalue weighted by Crippen LogP contribution is -2.45. The molecule has 0 aliphatic heterocycles. The number of halogens is 2. The third kappa shape index (κ3) is 2.48. The number of hydrogen-bond donors (Lipinski definition) is 2. The number of hydrogen-bond acceptors (Lipinski definition) is 3. The maximum atomic E-state index is 13.1. The molecule has 0 spiro atoms. The molecule has 5 heteroatoms. The van der Waals surface area contributed by atoms with Crippen LogP contribution in [0.15, 0.2) is 12.1 Å². The van der Waals surface area contributed by atoms with Gasteiger partial charge in [-0.1, -0.05) is 11.6 Å². The second-order valence-corrected chi connectivity index (χ2v) is 4.86. The zero-order valence-corrected chi connectivity index (χ0v) is 10.5. The molecular weight excluding hydrogens is 243 g/mol. The van der Waals surface area contributed by atoms with Crippen LogP contribution in [-0.2, 0) is 4.74 Å². The van der Waals surface area contributed by atoms with E-state index < -0.39 is 5.82 Å². The molecule has 0 bridgehead atoms. The predicted octanol–water partition coefficient (Wildman–Crippen LogP) is 3.04. The third-order valence-electron chi connectivity index (χ3n) is 3.39. The summed E-state index contributed by atoms with van der Waals surface area (Å²) in [6, 6.07) is 2.74. The van der Waals surface area contributed by atoms with Crippen molar-refractivity contribution in [1.29, 1.82) is 0 Å². The molecule has 17 heavy (non-hydrogen) atoms. The Morgan fingerprint density at radius 2 is 2.24 bits per heavy atom. The highest BCUT2D eigenvalue weighted by Crippen LogP contribution is 2.36. The van der Waals surface area contributed by atoms with Crippen LogP contribution in [0.3, 0.4) is 0 Å². The summed E-state index contributed by atoms with van der Waals surface area (Å²) in [7, 11) is 1.71. The van der Waals surface area contributed by atoms with Crippen molar-refractivity contribution in [2.75, 3.05) is 24.7 Å². The van der Waals surface area contributed by atoms with Gasteiger partial charge < -0.3 is 15.8 Å². The van der Waals surface area contributed by atoms with E-state index in [1.807, 2.05) is 0 Å². The van der Waals surface area contributed by atoms with Crippen molar-refractivity contribution in [3.05, 3.63) is 23.0 Å². The second-order valence-electron chi connectivity index (χ2n) is 4.45. The number of benzene rings is 1. The number of nitrogens with one attached hydrogen (secondary N) is 1. The van der Waals surface area contributed by atoms with Gasteiger partial charge in [-0.25, -0.2) is 4.39 Å². The van der Waals surface area contributed by atoms with Crippen LogP contribution >= 0.6 is 11.6 Å². The first-order chi connectivity index (χ1) is 8.06. The maximum absolute atomic E-state index is 13.1. The van der Waals surface area contributed by atoms with Crippen molar-refractivity contribution >= 4 is 23.0 Å². The van der Waals surface area contributed by atoms with Crippen molar-refractivity contribution in [2.24, 2.45) is 0 Å². The smallest absolute Gasteiger partial charge is 0.143 e. The monoisotopic (exact) mass is 258 g/mol. The number of rotatable bonds is 4. The van der Waals surface area contributed by atoms with Crippen LogP contribution in [-0.4, -0.2) is 19.3 Å². The van der Waals surface area contributed by atoms with E-state index in [1.54, 1.807) is 7.11 Å². The van der Waals surface area contributed by atoms with Gasteiger partial charge in [0.25, 0.3) is 0 Å². The molecule has 0 radical (unpaired) electrons. The van der Waals surface area contributed by atoms with Crippen LogP contribution in [0.1, 0.15) is 19.3 Å². The Bertz CT molecular complexity index is 416. The minimum absolute atomic E-state index is 0.0711. The van der Waals surface area contributed by atoms with Crippen LogP contribution in [0.25, 0.3) is 0 Å². The Morgan fingerprint density at radius 1 is 1.53 bits per heavy atom. The minimum Gasteiger partial charge on any atom is -0.397 e. The first-order valence-corrected chi connectivity index (χ1v) is 5.98. The van der Waals surface area contributed by atoms with Gasteiger partial charge in [-0.05, 0) is 25.3 Å². The highest BCUT2D eigenvalue weighted by Gasteiger charge is 2.36. The molecule has 0 amide bonds. The summed E-state index contributed by atoms with van der Waals surface area (Å²) < 4.78 is 18.6. The molecule has 0 aromatic heterocycles. The van der Waals surface area contributed by atoms with Crippen molar-refractivity contribution in [3.8, 4) is 0 Å². The first kappa shape index (κ1) is 12.5. The fraction of sp³-hybridized carbons (Fsp3) is 0.500. The van der Waals surface area contributed by atoms with E-state index >= 15 is 0 Å². The van der Waals surface area contributed by atoms with Crippen molar-refractivity contribution < 1.29 is 9.13 Å². The molecule has 0 heterocycles. The number of ether oxygens (including phenoxy) is 1. The summed E-state index contributed by atoms with van der Waals surface area (Å²) in [5, 5.41) is 3.24. The summed E-state index contributed by atoms with van der Waals surface area (Å²) >= 11 is 5.72. The van der Waals surface area contributed by atoms with Gasteiger partial charge in [0.15, 0.2) is 0 Å². The van der Waals surface area contributed by atoms with Gasteiger partial charge in [0, 0.05) is 19.7 Å². The summed E-state index contributed by atoms with van der Waals surface area (Å²) in [6.07, 6.45) is 3.24. The molecule has 1 fully saturated rings. The zero-order chi connectivity index (χ0) is 12.5. The Morgan fingerprint density at radius 3 is 2.76 bits per heavy atom. The topological polar surface area (TPSA) is 47.3 Å². The lowest BCUT2D eigenvalue weighted by molar-refractivity contribution is -0.0601. The summed E-state index contributed by atoms with van der Waals surface area (Å²) in [5.74, 6) is -0.500. The van der Waals surface area contributed by atoms with E-state index in [9.17, 15) is 4.39 Å². The zero-order valence-electron chi connectivity index (χ0n) is 9.72. The molecule has 0 unspecified atom stereocenters. The molecule has 0 atom stereocenters. The Labute approximate surface area is 105 Å². The van der Waals surface area contributed by atoms with Crippen LogP contribution in [0.5, 0.6) is 0 Å². The average molecular weight is 259 g/mol. The van der Waals surface area contributed by atoms with E-state index in [0.717, 1.165) is 12.8 Å². The van der Waals surface area contributed by atoms with Gasteiger partial charge in [0.1, 0.15) is 5.82 Å². The Kier molecular flexibility index (Phi) is 3.45. The summed E-state index contributed by atoms with van der Waals surface area (Å²) in [4.78, 5) is 0. The molecule has 0 saturated heterocycles. The van der Waals surface area contributed by atoms with Gasteiger partial charge in [-0.15, -0.1) is 0 Å². The van der Waals surface area contributed by atoms with Crippen molar-refractivity contribution in [3.63, 3.8) is 0 Å². The maximum Gasteiger partial charge on any atom is 0.143 e. The standard InChI is InChI=1S/C12H16ClFN2O/c1-17-12(3-2-4-12)7-16-11-5-8(13)9(14)6-10(11)15/h5-6,16H,2-4,7,15H2,1H3. The van der Waals surface area contributed by atoms with E-state index in [-0.39, 0.29) is 10.6 Å². The van der Waals surface area contributed by atoms with E-state index in [2.05, 4.69) is 5.32 Å². The number of nitrogen functional groups attached to an aromatic ring is 1. The predicted molar refractivity (Wildman–Crippen MR) is 67.9 cm³/mol. The van der Waals surface area contributed by atoms with E-state index in [1.165, 1.54) is 18.6 Å². The lowest BCUT2D eigenvalue weighted by Gasteiger charge is -2.40. The molecule has 94 valence electrons.